The SMILES string of the molecule is C[C@@H]1O[C@@H](O[C@H]2[C@H](Oc3cc(O)cc(/C=C/c4ccccc4)c3)O[C@H](CO)[C@@H](O)[C@@H]2O)[C@H](O)[C@H](O)[C@H]1O. The summed E-state index contributed by atoms with van der Waals surface area (Å²) in [5.74, 6) is 0.00952. The smallest absolute Gasteiger partial charge is 0.229 e. The van der Waals surface area contributed by atoms with Gasteiger partial charge in [-0.3, -0.25) is 0 Å². The van der Waals surface area contributed by atoms with E-state index in [1.54, 1.807) is 12.1 Å². The maximum atomic E-state index is 10.8. The van der Waals surface area contributed by atoms with E-state index < -0.39 is 68.0 Å². The third-order valence-electron chi connectivity index (χ3n) is 6.36. The lowest BCUT2D eigenvalue weighted by Crippen LogP contribution is -2.64. The first-order valence-corrected chi connectivity index (χ1v) is 11.9. The number of phenols is 1. The number of rotatable bonds is 7. The van der Waals surface area contributed by atoms with E-state index in [1.165, 1.54) is 19.1 Å². The molecule has 2 saturated heterocycles. The van der Waals surface area contributed by atoms with Crippen molar-refractivity contribution in [1.29, 1.82) is 0 Å². The molecule has 0 bridgehead atoms. The largest absolute Gasteiger partial charge is 0.508 e. The molecule has 0 radical (unpaired) electrons. The minimum atomic E-state index is -1.68. The fourth-order valence-corrected chi connectivity index (χ4v) is 4.24. The lowest BCUT2D eigenvalue weighted by Gasteiger charge is -2.45. The lowest BCUT2D eigenvalue weighted by atomic mass is 9.97. The fraction of sp³-hybridized carbons (Fsp3) is 0.462. The van der Waals surface area contributed by atoms with Gasteiger partial charge in [-0.25, -0.2) is 0 Å². The molecule has 0 amide bonds. The molecule has 0 aromatic heterocycles. The second-order valence-corrected chi connectivity index (χ2v) is 9.11. The van der Waals surface area contributed by atoms with Gasteiger partial charge in [-0.2, -0.15) is 0 Å². The number of benzene rings is 2. The zero-order valence-electron chi connectivity index (χ0n) is 20.0. The Kier molecular flexibility index (Phi) is 8.80. The van der Waals surface area contributed by atoms with Crippen LogP contribution in [0.5, 0.6) is 11.5 Å². The van der Waals surface area contributed by atoms with Crippen LogP contribution in [-0.4, -0.2) is 104 Å². The Balaban J connectivity index is 1.56. The van der Waals surface area contributed by atoms with Crippen molar-refractivity contribution < 1.29 is 54.7 Å². The number of phenolic OH excluding ortho intramolecular Hbond substituents is 1. The number of aliphatic hydroxyl groups excluding tert-OH is 6. The van der Waals surface area contributed by atoms with Crippen molar-refractivity contribution in [2.24, 2.45) is 0 Å². The van der Waals surface area contributed by atoms with Gasteiger partial charge in [0.05, 0.1) is 12.7 Å². The van der Waals surface area contributed by atoms with Gasteiger partial charge < -0.3 is 54.7 Å². The summed E-state index contributed by atoms with van der Waals surface area (Å²) < 4.78 is 22.7. The highest BCUT2D eigenvalue weighted by Gasteiger charge is 2.50. The monoisotopic (exact) mass is 520 g/mol. The van der Waals surface area contributed by atoms with Crippen LogP contribution in [0.3, 0.4) is 0 Å². The van der Waals surface area contributed by atoms with Crippen molar-refractivity contribution in [3.63, 3.8) is 0 Å². The highest BCUT2D eigenvalue weighted by atomic mass is 16.8. The van der Waals surface area contributed by atoms with Gasteiger partial charge in [0, 0.05) is 6.07 Å². The zero-order chi connectivity index (χ0) is 26.7. The molecule has 0 spiro atoms. The molecule has 4 rings (SSSR count). The van der Waals surface area contributed by atoms with E-state index in [4.69, 9.17) is 18.9 Å². The molecule has 0 saturated carbocycles. The van der Waals surface area contributed by atoms with Crippen LogP contribution in [-0.2, 0) is 14.2 Å². The van der Waals surface area contributed by atoms with Gasteiger partial charge in [-0.05, 0) is 30.2 Å². The molecule has 11 heteroatoms. The van der Waals surface area contributed by atoms with Crippen molar-refractivity contribution in [3.05, 3.63) is 59.7 Å². The second-order valence-electron chi connectivity index (χ2n) is 9.11. The molecule has 2 aromatic carbocycles. The molecule has 0 aliphatic carbocycles. The van der Waals surface area contributed by atoms with Gasteiger partial charge in [0.15, 0.2) is 12.4 Å². The average molecular weight is 521 g/mol. The highest BCUT2D eigenvalue weighted by Crippen LogP contribution is 2.32. The minimum absolute atomic E-state index is 0.116. The van der Waals surface area contributed by atoms with Crippen molar-refractivity contribution in [3.8, 4) is 11.5 Å². The van der Waals surface area contributed by atoms with Crippen LogP contribution >= 0.6 is 0 Å². The summed E-state index contributed by atoms with van der Waals surface area (Å²) >= 11 is 0. The summed E-state index contributed by atoms with van der Waals surface area (Å²) in [6.45, 7) is 0.826. The van der Waals surface area contributed by atoms with E-state index >= 15 is 0 Å². The predicted octanol–water partition coefficient (Wildman–Crippen LogP) is -0.407. The number of hydrogen-bond acceptors (Lipinski definition) is 11. The summed E-state index contributed by atoms with van der Waals surface area (Å²) in [5, 5.41) is 71.4. The molecule has 202 valence electrons. The molecule has 37 heavy (non-hydrogen) atoms. The summed E-state index contributed by atoms with van der Waals surface area (Å²) in [6, 6.07) is 13.9. The Bertz CT molecular complexity index is 1050. The van der Waals surface area contributed by atoms with Gasteiger partial charge in [0.1, 0.15) is 48.1 Å². The van der Waals surface area contributed by atoms with Gasteiger partial charge in [0.2, 0.25) is 6.29 Å². The van der Waals surface area contributed by atoms with Gasteiger partial charge in [0.25, 0.3) is 0 Å². The first-order valence-electron chi connectivity index (χ1n) is 11.9. The third-order valence-corrected chi connectivity index (χ3v) is 6.36. The van der Waals surface area contributed by atoms with Gasteiger partial charge in [-0.15, -0.1) is 0 Å². The Morgan fingerprint density at radius 2 is 1.49 bits per heavy atom. The maximum absolute atomic E-state index is 10.8. The zero-order valence-corrected chi connectivity index (χ0v) is 20.0. The quantitative estimate of drug-likeness (QED) is 0.236. The third kappa shape index (κ3) is 6.29. The van der Waals surface area contributed by atoms with Crippen molar-refractivity contribution >= 4 is 12.2 Å². The molecule has 7 N–H and O–H groups in total. The molecule has 0 unspecified atom stereocenters. The topological polar surface area (TPSA) is 179 Å². The normalized spacial score (nSPS) is 36.5. The Morgan fingerprint density at radius 3 is 2.19 bits per heavy atom. The summed E-state index contributed by atoms with van der Waals surface area (Å²) in [7, 11) is 0. The summed E-state index contributed by atoms with van der Waals surface area (Å²) in [5.41, 5.74) is 1.52. The first-order chi connectivity index (χ1) is 17.7. The molecule has 2 aromatic rings. The molecule has 2 aliphatic rings. The van der Waals surface area contributed by atoms with E-state index in [0.29, 0.717) is 5.56 Å². The van der Waals surface area contributed by atoms with Crippen LogP contribution in [0.1, 0.15) is 18.1 Å². The highest BCUT2D eigenvalue weighted by molar-refractivity contribution is 5.70. The van der Waals surface area contributed by atoms with Crippen LogP contribution in [0.4, 0.5) is 0 Å². The standard InChI is InChI=1S/C26H32O11/c1-13-19(29)21(31)23(33)25(34-13)37-24-22(32)20(30)18(12-27)36-26(24)35-17-10-15(9-16(28)11-17)8-7-14-5-3-2-4-6-14/h2-11,13,18-33H,12H2,1H3/b8-7+/t13-,18+,19-,20+,21+,22-,23+,24+,25-,26+/m0/s1. The van der Waals surface area contributed by atoms with Crippen LogP contribution in [0.25, 0.3) is 12.2 Å². The molecule has 2 heterocycles. The molecular weight excluding hydrogens is 488 g/mol. The van der Waals surface area contributed by atoms with Crippen LogP contribution in [0.15, 0.2) is 48.5 Å². The number of aliphatic hydroxyl groups is 6. The number of hydrogen-bond donors (Lipinski definition) is 7. The van der Waals surface area contributed by atoms with Gasteiger partial charge in [-0.1, -0.05) is 42.5 Å². The van der Waals surface area contributed by atoms with E-state index in [2.05, 4.69) is 0 Å². The maximum Gasteiger partial charge on any atom is 0.229 e. The molecule has 2 aliphatic heterocycles. The van der Waals surface area contributed by atoms with E-state index in [0.717, 1.165) is 5.56 Å². The van der Waals surface area contributed by atoms with Crippen LogP contribution in [0, 0.1) is 0 Å². The molecule has 2 fully saturated rings. The van der Waals surface area contributed by atoms with Gasteiger partial charge >= 0.3 is 0 Å². The van der Waals surface area contributed by atoms with Crippen molar-refractivity contribution in [2.45, 2.75) is 68.3 Å². The predicted molar refractivity (Wildman–Crippen MR) is 129 cm³/mol. The van der Waals surface area contributed by atoms with Crippen molar-refractivity contribution in [1.82, 2.24) is 0 Å². The minimum Gasteiger partial charge on any atom is -0.508 e. The Morgan fingerprint density at radius 1 is 0.784 bits per heavy atom. The lowest BCUT2D eigenvalue weighted by molar-refractivity contribution is -0.354. The first kappa shape index (κ1) is 27.5. The second kappa shape index (κ2) is 11.9. The molecule has 10 atom stereocenters. The van der Waals surface area contributed by atoms with E-state index in [9.17, 15) is 35.7 Å². The van der Waals surface area contributed by atoms with Crippen LogP contribution < -0.4 is 4.74 Å². The number of ether oxygens (including phenoxy) is 4. The van der Waals surface area contributed by atoms with Crippen LogP contribution in [0.2, 0.25) is 0 Å². The number of aromatic hydroxyl groups is 1. The van der Waals surface area contributed by atoms with E-state index in [-0.39, 0.29) is 11.5 Å². The molecule has 11 nitrogen and oxygen atoms in total. The fourth-order valence-electron chi connectivity index (χ4n) is 4.24. The Hall–Kier alpha value is -2.58. The summed E-state index contributed by atoms with van der Waals surface area (Å²) in [6.07, 6.45) is -10.8. The van der Waals surface area contributed by atoms with E-state index in [1.807, 2.05) is 36.4 Å². The van der Waals surface area contributed by atoms with Crippen molar-refractivity contribution in [2.75, 3.05) is 6.61 Å². The molecular formula is C26H32O11. The Labute approximate surface area is 213 Å². The summed E-state index contributed by atoms with van der Waals surface area (Å²) in [4.78, 5) is 0. The average Bonchev–Trinajstić information content (AvgIpc) is 2.89.